The largest absolute Gasteiger partial charge is 0.324 e. The Morgan fingerprint density at radius 3 is 2.74 bits per heavy atom. The molecule has 0 aliphatic carbocycles. The van der Waals surface area contributed by atoms with Crippen molar-refractivity contribution in [2.24, 2.45) is 5.73 Å². The first-order chi connectivity index (χ1) is 8.99. The molecule has 5 heteroatoms. The molecule has 0 fully saturated rings. The fourth-order valence-corrected chi connectivity index (χ4v) is 2.15. The van der Waals surface area contributed by atoms with Crippen LogP contribution in [0.3, 0.4) is 0 Å². The van der Waals surface area contributed by atoms with E-state index in [0.717, 1.165) is 11.3 Å². The molecule has 19 heavy (non-hydrogen) atoms. The smallest absolute Gasteiger partial charge is 0.133 e. The summed E-state index contributed by atoms with van der Waals surface area (Å²) in [4.78, 5) is 8.58. The van der Waals surface area contributed by atoms with Crippen LogP contribution in [-0.4, -0.2) is 9.97 Å². The maximum Gasteiger partial charge on any atom is 0.133 e. The second kappa shape index (κ2) is 5.63. The second-order valence-corrected chi connectivity index (χ2v) is 4.90. The molecule has 1 atom stereocenters. The zero-order valence-electron chi connectivity index (χ0n) is 10.8. The Morgan fingerprint density at radius 2 is 2.16 bits per heavy atom. The van der Waals surface area contributed by atoms with Crippen molar-refractivity contribution in [3.63, 3.8) is 0 Å². The summed E-state index contributed by atoms with van der Waals surface area (Å²) in [5, 5.41) is 0.387. The van der Waals surface area contributed by atoms with Crippen LogP contribution in [0, 0.1) is 12.7 Å². The number of aryl methyl sites for hydroxylation is 1. The summed E-state index contributed by atoms with van der Waals surface area (Å²) in [5.74, 6) is 0.193. The van der Waals surface area contributed by atoms with Crippen molar-refractivity contribution in [2.75, 3.05) is 0 Å². The Bertz CT molecular complexity index is 579. The van der Waals surface area contributed by atoms with E-state index in [1.165, 1.54) is 6.07 Å². The first kappa shape index (κ1) is 13.9. The molecule has 0 aliphatic rings. The first-order valence-electron chi connectivity index (χ1n) is 6.00. The van der Waals surface area contributed by atoms with E-state index < -0.39 is 0 Å². The van der Waals surface area contributed by atoms with Gasteiger partial charge in [0.15, 0.2) is 0 Å². The second-order valence-electron chi connectivity index (χ2n) is 4.49. The van der Waals surface area contributed by atoms with Gasteiger partial charge in [-0.15, -0.1) is 0 Å². The molecular formula is C14H15ClFN3. The first-order valence-corrected chi connectivity index (χ1v) is 6.37. The minimum atomic E-state index is -0.343. The van der Waals surface area contributed by atoms with Crippen molar-refractivity contribution in [3.8, 4) is 0 Å². The number of halogens is 2. The normalized spacial score (nSPS) is 12.5. The van der Waals surface area contributed by atoms with Crippen LogP contribution in [0.5, 0.6) is 0 Å². The zero-order chi connectivity index (χ0) is 14.0. The molecule has 0 radical (unpaired) electrons. The van der Waals surface area contributed by atoms with Gasteiger partial charge in [0.25, 0.3) is 0 Å². The Balaban J connectivity index is 2.32. The quantitative estimate of drug-likeness (QED) is 0.939. The topological polar surface area (TPSA) is 51.8 Å². The molecule has 2 N–H and O–H groups in total. The average Bonchev–Trinajstić information content (AvgIpc) is 2.33. The van der Waals surface area contributed by atoms with Crippen LogP contribution in [-0.2, 0) is 6.42 Å². The molecule has 0 saturated heterocycles. The minimum absolute atomic E-state index is 0.119. The number of nitrogens with zero attached hydrogens (tertiary/aromatic N) is 2. The van der Waals surface area contributed by atoms with E-state index in [4.69, 9.17) is 17.3 Å². The highest BCUT2D eigenvalue weighted by molar-refractivity contribution is 6.31. The van der Waals surface area contributed by atoms with E-state index in [1.54, 1.807) is 18.3 Å². The molecular weight excluding hydrogens is 265 g/mol. The summed E-state index contributed by atoms with van der Waals surface area (Å²) in [6.07, 6.45) is 1.96. The van der Waals surface area contributed by atoms with Crippen molar-refractivity contribution < 1.29 is 4.39 Å². The van der Waals surface area contributed by atoms with Gasteiger partial charge in [0, 0.05) is 40.5 Å². The molecule has 3 nitrogen and oxygen atoms in total. The van der Waals surface area contributed by atoms with Gasteiger partial charge in [-0.2, -0.15) is 0 Å². The lowest BCUT2D eigenvalue weighted by Crippen LogP contribution is -2.11. The van der Waals surface area contributed by atoms with E-state index in [2.05, 4.69) is 9.97 Å². The van der Waals surface area contributed by atoms with Crippen molar-refractivity contribution in [2.45, 2.75) is 26.3 Å². The lowest BCUT2D eigenvalue weighted by atomic mass is 10.1. The summed E-state index contributed by atoms with van der Waals surface area (Å²) in [5.41, 5.74) is 7.92. The highest BCUT2D eigenvalue weighted by Crippen LogP contribution is 2.21. The van der Waals surface area contributed by atoms with Crippen molar-refractivity contribution in [1.82, 2.24) is 9.97 Å². The molecule has 0 amide bonds. The van der Waals surface area contributed by atoms with Gasteiger partial charge < -0.3 is 5.73 Å². The number of nitrogens with two attached hydrogens (primary N) is 1. The molecule has 0 spiro atoms. The van der Waals surface area contributed by atoms with Crippen LogP contribution in [0.2, 0.25) is 5.02 Å². The summed E-state index contributed by atoms with van der Waals surface area (Å²) in [6, 6.07) is 4.49. The van der Waals surface area contributed by atoms with E-state index in [0.29, 0.717) is 16.4 Å². The summed E-state index contributed by atoms with van der Waals surface area (Å²) in [6.45, 7) is 3.74. The maximum absolute atomic E-state index is 13.7. The molecule has 2 rings (SSSR count). The van der Waals surface area contributed by atoms with Crippen LogP contribution in [0.4, 0.5) is 4.39 Å². The molecule has 0 aliphatic heterocycles. The third kappa shape index (κ3) is 3.08. The predicted octanol–water partition coefficient (Wildman–Crippen LogP) is 3.19. The number of hydrogen-bond acceptors (Lipinski definition) is 3. The number of hydrogen-bond donors (Lipinski definition) is 1. The highest BCUT2D eigenvalue weighted by atomic mass is 35.5. The number of rotatable bonds is 3. The molecule has 0 bridgehead atoms. The molecule has 0 unspecified atom stereocenters. The summed E-state index contributed by atoms with van der Waals surface area (Å²) < 4.78 is 13.7. The van der Waals surface area contributed by atoms with Gasteiger partial charge in [0.05, 0.1) is 0 Å². The molecule has 0 saturated carbocycles. The standard InChI is InChI=1S/C14H15ClFN3/c1-8(17)11-7-18-14(19-9(11)2)6-10-12(15)4-3-5-13(10)16/h3-5,7-8H,6,17H2,1-2H3/t8-/m0/s1. The van der Waals surface area contributed by atoms with Crippen LogP contribution in [0.1, 0.15) is 35.6 Å². The lowest BCUT2D eigenvalue weighted by molar-refractivity contribution is 0.612. The molecule has 100 valence electrons. The molecule has 2 aromatic rings. The van der Waals surface area contributed by atoms with Crippen LogP contribution in [0.15, 0.2) is 24.4 Å². The SMILES string of the molecule is Cc1nc(Cc2c(F)cccc2Cl)ncc1[C@H](C)N. The van der Waals surface area contributed by atoms with E-state index >= 15 is 0 Å². The van der Waals surface area contributed by atoms with Gasteiger partial charge in [-0.1, -0.05) is 17.7 Å². The van der Waals surface area contributed by atoms with E-state index in [-0.39, 0.29) is 18.3 Å². The van der Waals surface area contributed by atoms with Gasteiger partial charge in [0.1, 0.15) is 11.6 Å². The zero-order valence-corrected chi connectivity index (χ0v) is 11.6. The van der Waals surface area contributed by atoms with Crippen molar-refractivity contribution >= 4 is 11.6 Å². The highest BCUT2D eigenvalue weighted by Gasteiger charge is 2.12. The molecule has 1 aromatic heterocycles. The van der Waals surface area contributed by atoms with Gasteiger partial charge in [-0.25, -0.2) is 14.4 Å². The third-order valence-corrected chi connectivity index (χ3v) is 3.31. The van der Waals surface area contributed by atoms with Crippen molar-refractivity contribution in [1.29, 1.82) is 0 Å². The van der Waals surface area contributed by atoms with Gasteiger partial charge in [0.2, 0.25) is 0 Å². The van der Waals surface area contributed by atoms with E-state index in [9.17, 15) is 4.39 Å². The fourth-order valence-electron chi connectivity index (χ4n) is 1.92. The number of aromatic nitrogens is 2. The van der Waals surface area contributed by atoms with E-state index in [1.807, 2.05) is 13.8 Å². The Hall–Kier alpha value is -1.52. The maximum atomic E-state index is 13.7. The Morgan fingerprint density at radius 1 is 1.42 bits per heavy atom. The number of benzene rings is 1. The van der Waals surface area contributed by atoms with Crippen LogP contribution >= 0.6 is 11.6 Å². The minimum Gasteiger partial charge on any atom is -0.324 e. The Labute approximate surface area is 116 Å². The molecule has 1 aromatic carbocycles. The van der Waals surface area contributed by atoms with Crippen LogP contribution < -0.4 is 5.73 Å². The van der Waals surface area contributed by atoms with Gasteiger partial charge >= 0.3 is 0 Å². The van der Waals surface area contributed by atoms with Crippen LogP contribution in [0.25, 0.3) is 0 Å². The fraction of sp³-hybridized carbons (Fsp3) is 0.286. The lowest BCUT2D eigenvalue weighted by Gasteiger charge is -2.10. The summed E-state index contributed by atoms with van der Waals surface area (Å²) >= 11 is 5.99. The average molecular weight is 280 g/mol. The monoisotopic (exact) mass is 279 g/mol. The summed E-state index contributed by atoms with van der Waals surface area (Å²) in [7, 11) is 0. The molecule has 1 heterocycles. The van der Waals surface area contributed by atoms with Gasteiger partial charge in [-0.05, 0) is 26.0 Å². The third-order valence-electron chi connectivity index (χ3n) is 2.95. The predicted molar refractivity (Wildman–Crippen MR) is 73.6 cm³/mol. The Kier molecular flexibility index (Phi) is 4.12. The van der Waals surface area contributed by atoms with Crippen molar-refractivity contribution in [3.05, 3.63) is 57.9 Å². The van der Waals surface area contributed by atoms with Gasteiger partial charge in [-0.3, -0.25) is 0 Å².